The first-order valence-electron chi connectivity index (χ1n) is 5.98. The highest BCUT2D eigenvalue weighted by molar-refractivity contribution is 5.91. The van der Waals surface area contributed by atoms with E-state index in [9.17, 15) is 15.0 Å². The lowest BCUT2D eigenvalue weighted by Crippen LogP contribution is -2.02. The summed E-state index contributed by atoms with van der Waals surface area (Å²) >= 11 is 0. The maximum Gasteiger partial charge on any atom is 0.338 e. The first kappa shape index (κ1) is 16.8. The molecule has 0 saturated carbocycles. The molecule has 106 valence electrons. The van der Waals surface area contributed by atoms with E-state index in [2.05, 4.69) is 4.74 Å². The normalized spacial score (nSPS) is 9.68. The Morgan fingerprint density at radius 2 is 1.79 bits per heavy atom. The maximum absolute atomic E-state index is 11.2. The van der Waals surface area contributed by atoms with E-state index in [1.807, 2.05) is 20.8 Å². The predicted molar refractivity (Wildman–Crippen MR) is 72.8 cm³/mol. The smallest absolute Gasteiger partial charge is 0.338 e. The van der Waals surface area contributed by atoms with E-state index in [0.29, 0.717) is 0 Å². The van der Waals surface area contributed by atoms with E-state index in [-0.39, 0.29) is 29.4 Å². The van der Waals surface area contributed by atoms with Gasteiger partial charge in [-0.1, -0.05) is 26.0 Å². The Morgan fingerprint density at radius 3 is 2.21 bits per heavy atom. The second-order valence-corrected chi connectivity index (χ2v) is 3.22. The van der Waals surface area contributed by atoms with Gasteiger partial charge in [-0.15, -0.1) is 0 Å². The van der Waals surface area contributed by atoms with E-state index in [1.165, 1.54) is 19.2 Å². The molecular formula is C14H20O5. The highest BCUT2D eigenvalue weighted by atomic mass is 16.5. The lowest BCUT2D eigenvalue weighted by Gasteiger charge is -2.09. The Balaban J connectivity index is 0.00000154. The molecule has 0 aliphatic heterocycles. The van der Waals surface area contributed by atoms with Gasteiger partial charge in [0.1, 0.15) is 6.61 Å². The molecule has 0 unspecified atom stereocenters. The average Bonchev–Trinajstić information content (AvgIpc) is 2.43. The lowest BCUT2D eigenvalue weighted by molar-refractivity contribution is 0.0599. The number of carbonyl (C=O) groups is 1. The zero-order chi connectivity index (χ0) is 14.8. The number of esters is 1. The van der Waals surface area contributed by atoms with Gasteiger partial charge >= 0.3 is 5.97 Å². The highest BCUT2D eigenvalue weighted by Crippen LogP contribution is 2.37. The zero-order valence-corrected chi connectivity index (χ0v) is 11.6. The Morgan fingerprint density at radius 1 is 1.26 bits per heavy atom. The molecule has 0 amide bonds. The van der Waals surface area contributed by atoms with Crippen molar-refractivity contribution in [1.29, 1.82) is 0 Å². The first-order valence-corrected chi connectivity index (χ1v) is 5.98. The van der Waals surface area contributed by atoms with E-state index < -0.39 is 5.97 Å². The minimum absolute atomic E-state index is 0.0564. The molecule has 5 heteroatoms. The van der Waals surface area contributed by atoms with Crippen molar-refractivity contribution >= 4 is 5.97 Å². The van der Waals surface area contributed by atoms with Crippen molar-refractivity contribution in [2.24, 2.45) is 0 Å². The minimum Gasteiger partial charge on any atom is -0.504 e. The zero-order valence-electron chi connectivity index (χ0n) is 11.6. The van der Waals surface area contributed by atoms with Gasteiger partial charge in [-0.25, -0.2) is 4.79 Å². The molecule has 1 rings (SSSR count). The molecule has 0 atom stereocenters. The van der Waals surface area contributed by atoms with Crippen molar-refractivity contribution in [3.05, 3.63) is 29.8 Å². The van der Waals surface area contributed by atoms with Crippen molar-refractivity contribution in [1.82, 2.24) is 0 Å². The van der Waals surface area contributed by atoms with Crippen LogP contribution in [-0.4, -0.2) is 29.9 Å². The van der Waals surface area contributed by atoms with Crippen LogP contribution in [0.15, 0.2) is 24.3 Å². The molecule has 0 spiro atoms. The van der Waals surface area contributed by atoms with Crippen molar-refractivity contribution < 1.29 is 24.5 Å². The summed E-state index contributed by atoms with van der Waals surface area (Å²) in [5.41, 5.74) is 0.0564. The average molecular weight is 268 g/mol. The van der Waals surface area contributed by atoms with Gasteiger partial charge < -0.3 is 19.7 Å². The molecule has 0 aromatic heterocycles. The Kier molecular flexibility index (Phi) is 7.84. The second kappa shape index (κ2) is 8.85. The van der Waals surface area contributed by atoms with E-state index in [0.717, 1.165) is 0 Å². The number of hydrogen-bond acceptors (Lipinski definition) is 5. The summed E-state index contributed by atoms with van der Waals surface area (Å²) in [4.78, 5) is 11.2. The van der Waals surface area contributed by atoms with Crippen LogP contribution in [0.4, 0.5) is 0 Å². The molecule has 2 N–H and O–H groups in total. The van der Waals surface area contributed by atoms with Gasteiger partial charge in [0.05, 0.1) is 12.7 Å². The fourth-order valence-electron chi connectivity index (χ4n) is 1.21. The van der Waals surface area contributed by atoms with E-state index >= 15 is 0 Å². The third kappa shape index (κ3) is 4.91. The van der Waals surface area contributed by atoms with Crippen molar-refractivity contribution in [2.75, 3.05) is 13.7 Å². The van der Waals surface area contributed by atoms with Gasteiger partial charge in [-0.2, -0.15) is 0 Å². The summed E-state index contributed by atoms with van der Waals surface area (Å²) in [5.74, 6) is -1.32. The topological polar surface area (TPSA) is 76.0 Å². The summed E-state index contributed by atoms with van der Waals surface area (Å²) < 4.78 is 9.61. The molecule has 0 bridgehead atoms. The van der Waals surface area contributed by atoms with Crippen LogP contribution < -0.4 is 4.74 Å². The Bertz CT molecular complexity index is 414. The lowest BCUT2D eigenvalue weighted by atomic mass is 10.2. The minimum atomic E-state index is -0.643. The molecule has 0 saturated heterocycles. The van der Waals surface area contributed by atoms with Crippen LogP contribution in [0.1, 0.15) is 31.1 Å². The molecular weight excluding hydrogens is 248 g/mol. The van der Waals surface area contributed by atoms with Crippen molar-refractivity contribution in [2.45, 2.75) is 20.8 Å². The van der Waals surface area contributed by atoms with Gasteiger partial charge in [0.25, 0.3) is 0 Å². The number of ether oxygens (including phenoxy) is 2. The summed E-state index contributed by atoms with van der Waals surface area (Å²) in [6.07, 6.45) is 3.49. The van der Waals surface area contributed by atoms with E-state index in [4.69, 9.17) is 4.74 Å². The molecule has 1 aromatic rings. The number of phenols is 2. The fraction of sp³-hybridized carbons (Fsp3) is 0.357. The number of rotatable bonds is 4. The molecule has 0 heterocycles. The number of carbonyl (C=O) groups excluding carboxylic acids is 1. The number of aromatic hydroxyl groups is 2. The summed E-state index contributed by atoms with van der Waals surface area (Å²) in [7, 11) is 1.22. The predicted octanol–water partition coefficient (Wildman–Crippen LogP) is 2.87. The quantitative estimate of drug-likeness (QED) is 0.648. The molecule has 0 radical (unpaired) electrons. The van der Waals surface area contributed by atoms with Gasteiger partial charge in [0.2, 0.25) is 5.75 Å². The monoisotopic (exact) mass is 268 g/mol. The fourth-order valence-corrected chi connectivity index (χ4v) is 1.21. The van der Waals surface area contributed by atoms with Crippen LogP contribution >= 0.6 is 0 Å². The molecule has 0 fully saturated rings. The number of allylic oxidation sites excluding steroid dienone is 1. The SMILES string of the molecule is C/C=C/COc1c(O)cc(C(=O)OC)cc1O.CC. The number of benzene rings is 1. The van der Waals surface area contributed by atoms with Crippen LogP contribution in [0.3, 0.4) is 0 Å². The summed E-state index contributed by atoms with van der Waals surface area (Å²) in [5, 5.41) is 19.2. The van der Waals surface area contributed by atoms with Crippen molar-refractivity contribution in [3.63, 3.8) is 0 Å². The summed E-state index contributed by atoms with van der Waals surface area (Å²) in [6.45, 7) is 6.04. The van der Waals surface area contributed by atoms with Gasteiger partial charge in [-0.3, -0.25) is 0 Å². The van der Waals surface area contributed by atoms with Crippen LogP contribution in [0.25, 0.3) is 0 Å². The standard InChI is InChI=1S/C12H14O5.C2H6/c1-3-4-5-17-11-9(13)6-8(7-10(11)14)12(15)16-2;1-2/h3-4,6-7,13-14H,5H2,1-2H3;1-2H3/b4-3+;. The molecule has 0 aliphatic rings. The van der Waals surface area contributed by atoms with Crippen LogP contribution in [0, 0.1) is 0 Å². The largest absolute Gasteiger partial charge is 0.504 e. The molecule has 1 aromatic carbocycles. The van der Waals surface area contributed by atoms with E-state index in [1.54, 1.807) is 12.2 Å². The Hall–Kier alpha value is -2.17. The van der Waals surface area contributed by atoms with Gasteiger partial charge in [0, 0.05) is 0 Å². The van der Waals surface area contributed by atoms with Crippen LogP contribution in [0.2, 0.25) is 0 Å². The first-order chi connectivity index (χ1) is 9.10. The van der Waals surface area contributed by atoms with Gasteiger partial charge in [-0.05, 0) is 19.1 Å². The molecule has 19 heavy (non-hydrogen) atoms. The highest BCUT2D eigenvalue weighted by Gasteiger charge is 2.15. The maximum atomic E-state index is 11.2. The van der Waals surface area contributed by atoms with Gasteiger partial charge in [0.15, 0.2) is 11.5 Å². The Labute approximate surface area is 113 Å². The second-order valence-electron chi connectivity index (χ2n) is 3.22. The van der Waals surface area contributed by atoms with Crippen LogP contribution in [-0.2, 0) is 4.74 Å². The van der Waals surface area contributed by atoms with Crippen molar-refractivity contribution in [3.8, 4) is 17.2 Å². The third-order valence-corrected chi connectivity index (χ3v) is 2.03. The summed E-state index contributed by atoms with van der Waals surface area (Å²) in [6, 6.07) is 2.35. The molecule has 0 aliphatic carbocycles. The number of hydrogen-bond donors (Lipinski definition) is 2. The number of methoxy groups -OCH3 is 1. The number of phenolic OH excluding ortho intramolecular Hbond substituents is 2. The third-order valence-electron chi connectivity index (χ3n) is 2.03. The van der Waals surface area contributed by atoms with Crippen LogP contribution in [0.5, 0.6) is 17.2 Å². The molecule has 5 nitrogen and oxygen atoms in total.